The standard InChI is InChI=1S/C35H33Cl2FN4O4/c36-25-20-26(37)22-28(21-25)39-35(44)42-14-13-33(32(23-42)41-17-15-40(16-18-41)29-11-9-27(38)10-12-29)46-34(43)24-5-4-8-31(19-24)45-30-6-2-1-3-7-30/h1-12,19-22,32-33H,13-18,23H2,(H,39,44)/t32-,33-/m1/s1. The second kappa shape index (κ2) is 14.4. The number of halogens is 3. The fourth-order valence-electron chi connectivity index (χ4n) is 5.89. The van der Waals surface area contributed by atoms with Crippen LogP contribution in [0.15, 0.2) is 97.1 Å². The maximum atomic E-state index is 13.5. The van der Waals surface area contributed by atoms with Gasteiger partial charge >= 0.3 is 12.0 Å². The van der Waals surface area contributed by atoms with E-state index < -0.39 is 12.1 Å². The molecule has 2 aliphatic heterocycles. The van der Waals surface area contributed by atoms with Crippen LogP contribution in [0, 0.1) is 5.82 Å². The van der Waals surface area contributed by atoms with Gasteiger partial charge in [0.1, 0.15) is 23.4 Å². The number of likely N-dealkylation sites (tertiary alicyclic amines) is 1. The maximum absolute atomic E-state index is 13.5. The number of urea groups is 1. The molecular formula is C35H33Cl2FN4O4. The van der Waals surface area contributed by atoms with E-state index in [4.69, 9.17) is 32.7 Å². The highest BCUT2D eigenvalue weighted by Crippen LogP contribution is 2.28. The molecule has 0 aromatic heterocycles. The van der Waals surface area contributed by atoms with E-state index in [1.165, 1.54) is 12.1 Å². The number of hydrogen-bond acceptors (Lipinski definition) is 6. The fraction of sp³-hybridized carbons (Fsp3) is 0.257. The summed E-state index contributed by atoms with van der Waals surface area (Å²) >= 11 is 12.3. The first-order valence-corrected chi connectivity index (χ1v) is 15.9. The number of rotatable bonds is 7. The molecule has 46 heavy (non-hydrogen) atoms. The lowest BCUT2D eigenvalue weighted by atomic mass is 9.99. The number of esters is 1. The Balaban J connectivity index is 1.16. The molecule has 6 rings (SSSR count). The fourth-order valence-corrected chi connectivity index (χ4v) is 6.42. The largest absolute Gasteiger partial charge is 0.457 e. The van der Waals surface area contributed by atoms with Crippen LogP contribution >= 0.6 is 23.2 Å². The molecule has 2 heterocycles. The molecular weight excluding hydrogens is 630 g/mol. The van der Waals surface area contributed by atoms with Crippen LogP contribution in [0.3, 0.4) is 0 Å². The Bertz CT molecular complexity index is 1650. The highest BCUT2D eigenvalue weighted by Gasteiger charge is 2.39. The van der Waals surface area contributed by atoms with E-state index >= 15 is 0 Å². The van der Waals surface area contributed by atoms with Gasteiger partial charge in [-0.15, -0.1) is 0 Å². The molecule has 2 fully saturated rings. The normalized spacial score (nSPS) is 18.6. The van der Waals surface area contributed by atoms with Gasteiger partial charge in [0.05, 0.1) is 11.6 Å². The van der Waals surface area contributed by atoms with Crippen molar-refractivity contribution < 1.29 is 23.5 Å². The zero-order valence-corrected chi connectivity index (χ0v) is 26.5. The zero-order chi connectivity index (χ0) is 32.0. The lowest BCUT2D eigenvalue weighted by Crippen LogP contribution is -2.61. The molecule has 8 nitrogen and oxygen atoms in total. The Morgan fingerprint density at radius 1 is 0.783 bits per heavy atom. The minimum absolute atomic E-state index is 0.245. The SMILES string of the molecule is O=C(O[C@@H]1CCN(C(=O)Nc2cc(Cl)cc(Cl)c2)C[C@H]1N1CCN(c2ccc(F)cc2)CC1)c1cccc(Oc2ccccc2)c1. The van der Waals surface area contributed by atoms with Gasteiger partial charge in [0.2, 0.25) is 0 Å². The number of ether oxygens (including phenoxy) is 2. The van der Waals surface area contributed by atoms with Gasteiger partial charge in [0, 0.05) is 67.1 Å². The van der Waals surface area contributed by atoms with Gasteiger partial charge in [-0.05, 0) is 72.8 Å². The number of amides is 2. The van der Waals surface area contributed by atoms with Gasteiger partial charge in [-0.1, -0.05) is 47.5 Å². The third-order valence-corrected chi connectivity index (χ3v) is 8.64. The van der Waals surface area contributed by atoms with Crippen molar-refractivity contribution in [2.75, 3.05) is 49.5 Å². The van der Waals surface area contributed by atoms with E-state index in [2.05, 4.69) is 15.1 Å². The number of piperidine rings is 1. The summed E-state index contributed by atoms with van der Waals surface area (Å²) in [7, 11) is 0. The zero-order valence-electron chi connectivity index (χ0n) is 25.0. The van der Waals surface area contributed by atoms with Crippen molar-refractivity contribution in [2.45, 2.75) is 18.6 Å². The van der Waals surface area contributed by atoms with Gasteiger partial charge in [0.15, 0.2) is 0 Å². The Morgan fingerprint density at radius 3 is 2.20 bits per heavy atom. The van der Waals surface area contributed by atoms with Gasteiger partial charge < -0.3 is 24.6 Å². The lowest BCUT2D eigenvalue weighted by molar-refractivity contribution is -0.0290. The molecule has 4 aromatic carbocycles. The van der Waals surface area contributed by atoms with E-state index in [0.29, 0.717) is 78.5 Å². The van der Waals surface area contributed by atoms with Crippen LogP contribution in [0.4, 0.5) is 20.6 Å². The van der Waals surface area contributed by atoms with E-state index in [1.807, 2.05) is 30.3 Å². The number of nitrogens with one attached hydrogen (secondary N) is 1. The summed E-state index contributed by atoms with van der Waals surface area (Å²) in [5.74, 6) is 0.468. The summed E-state index contributed by atoms with van der Waals surface area (Å²) in [6, 6.07) is 27.1. The first kappa shape index (κ1) is 31.7. The molecule has 0 saturated carbocycles. The Morgan fingerprint density at radius 2 is 1.48 bits per heavy atom. The first-order chi connectivity index (χ1) is 22.3. The summed E-state index contributed by atoms with van der Waals surface area (Å²) in [5, 5.41) is 3.74. The number of carbonyl (C=O) groups excluding carboxylic acids is 2. The second-order valence-corrected chi connectivity index (χ2v) is 12.1. The number of para-hydroxylation sites is 1. The monoisotopic (exact) mass is 662 g/mol. The molecule has 0 unspecified atom stereocenters. The van der Waals surface area contributed by atoms with Gasteiger partial charge in [-0.3, -0.25) is 4.90 Å². The number of nitrogens with zero attached hydrogens (tertiary/aromatic N) is 3. The second-order valence-electron chi connectivity index (χ2n) is 11.3. The van der Waals surface area contributed by atoms with Crippen molar-refractivity contribution in [2.24, 2.45) is 0 Å². The van der Waals surface area contributed by atoms with E-state index in [-0.39, 0.29) is 17.9 Å². The van der Waals surface area contributed by atoms with Crippen molar-refractivity contribution in [1.82, 2.24) is 9.80 Å². The third-order valence-electron chi connectivity index (χ3n) is 8.20. The first-order valence-electron chi connectivity index (χ1n) is 15.1. The topological polar surface area (TPSA) is 74.4 Å². The average molecular weight is 664 g/mol. The molecule has 1 N–H and O–H groups in total. The van der Waals surface area contributed by atoms with Gasteiger partial charge in [-0.2, -0.15) is 0 Å². The van der Waals surface area contributed by atoms with Crippen molar-refractivity contribution in [1.29, 1.82) is 0 Å². The molecule has 4 aromatic rings. The Labute approximate surface area is 277 Å². The molecule has 0 radical (unpaired) electrons. The number of hydrogen-bond donors (Lipinski definition) is 1. The average Bonchev–Trinajstić information content (AvgIpc) is 3.05. The molecule has 0 spiro atoms. The number of anilines is 2. The summed E-state index contributed by atoms with van der Waals surface area (Å²) in [6.45, 7) is 3.50. The van der Waals surface area contributed by atoms with E-state index in [9.17, 15) is 14.0 Å². The highest BCUT2D eigenvalue weighted by atomic mass is 35.5. The predicted octanol–water partition coefficient (Wildman–Crippen LogP) is 7.58. The smallest absolute Gasteiger partial charge is 0.338 e. The molecule has 11 heteroatoms. The molecule has 2 aliphatic rings. The molecule has 0 aliphatic carbocycles. The lowest BCUT2D eigenvalue weighted by Gasteiger charge is -2.46. The quantitative estimate of drug-likeness (QED) is 0.206. The van der Waals surface area contributed by atoms with Crippen molar-refractivity contribution >= 4 is 46.6 Å². The molecule has 238 valence electrons. The summed E-state index contributed by atoms with van der Waals surface area (Å²) in [5.41, 5.74) is 1.83. The van der Waals surface area contributed by atoms with E-state index in [0.717, 1.165) is 5.69 Å². The van der Waals surface area contributed by atoms with Gasteiger partial charge in [-0.25, -0.2) is 14.0 Å². The Kier molecular flexibility index (Phi) is 9.92. The van der Waals surface area contributed by atoms with Crippen LogP contribution in [0.5, 0.6) is 11.5 Å². The summed E-state index contributed by atoms with van der Waals surface area (Å²) in [6.07, 6.45) is 0.00615. The predicted molar refractivity (Wildman–Crippen MR) is 178 cm³/mol. The number of benzene rings is 4. The van der Waals surface area contributed by atoms with Gasteiger partial charge in [0.25, 0.3) is 0 Å². The van der Waals surface area contributed by atoms with Crippen molar-refractivity contribution in [3.05, 3.63) is 118 Å². The Hall–Kier alpha value is -4.31. The molecule has 2 amide bonds. The van der Waals surface area contributed by atoms with Crippen LogP contribution in [0.1, 0.15) is 16.8 Å². The maximum Gasteiger partial charge on any atom is 0.338 e. The van der Waals surface area contributed by atoms with Crippen LogP contribution in [-0.2, 0) is 4.74 Å². The molecule has 0 bridgehead atoms. The number of carbonyl (C=O) groups is 2. The van der Waals surface area contributed by atoms with Crippen molar-refractivity contribution in [3.8, 4) is 11.5 Å². The highest BCUT2D eigenvalue weighted by molar-refractivity contribution is 6.35. The van der Waals surface area contributed by atoms with E-state index in [1.54, 1.807) is 59.5 Å². The molecule has 2 atom stereocenters. The minimum Gasteiger partial charge on any atom is -0.457 e. The van der Waals surface area contributed by atoms with Crippen molar-refractivity contribution in [3.63, 3.8) is 0 Å². The van der Waals surface area contributed by atoms with Crippen LogP contribution in [0.25, 0.3) is 0 Å². The van der Waals surface area contributed by atoms with Crippen LogP contribution < -0.4 is 15.0 Å². The number of piperazine rings is 1. The minimum atomic E-state index is -0.454. The molecule has 2 saturated heterocycles. The summed E-state index contributed by atoms with van der Waals surface area (Å²) in [4.78, 5) is 33.0. The third kappa shape index (κ3) is 7.91. The van der Waals surface area contributed by atoms with Crippen LogP contribution in [0.2, 0.25) is 10.0 Å². The van der Waals surface area contributed by atoms with Crippen LogP contribution in [-0.4, -0.2) is 73.2 Å². The summed E-state index contributed by atoms with van der Waals surface area (Å²) < 4.78 is 25.6.